The molecule has 0 amide bonds. The van der Waals surface area contributed by atoms with Gasteiger partial charge in [-0.3, -0.25) is 5.10 Å². The molecule has 1 aliphatic rings. The lowest BCUT2D eigenvalue weighted by Crippen LogP contribution is -2.36. The Morgan fingerprint density at radius 2 is 1.91 bits per heavy atom. The van der Waals surface area contributed by atoms with Crippen molar-refractivity contribution < 1.29 is 14.0 Å². The fourth-order valence-corrected chi connectivity index (χ4v) is 4.18. The number of aromatic amines is 1. The molecule has 0 saturated carbocycles. The van der Waals surface area contributed by atoms with Gasteiger partial charge in [0.15, 0.2) is 10.7 Å². The molecule has 3 N–H and O–H groups in total. The number of hydrogen-bond donors (Lipinski definition) is 3. The lowest BCUT2D eigenvalue weighted by Gasteiger charge is -2.28. The summed E-state index contributed by atoms with van der Waals surface area (Å²) >= 11 is 0.943. The van der Waals surface area contributed by atoms with Crippen LogP contribution in [0.4, 0.5) is 28.8 Å². The van der Waals surface area contributed by atoms with Crippen LogP contribution in [0.3, 0.4) is 0 Å². The zero-order valence-electron chi connectivity index (χ0n) is 18.8. The molecule has 3 heterocycles. The van der Waals surface area contributed by atoms with Crippen LogP contribution in [0.5, 0.6) is 0 Å². The SMILES string of the molecule is COOSc1n[nH]c2nc(Nc3ccc(N4CCOCC4)cc3)nc(Nc3cccc(C#N)c3)c12. The second-order valence-electron chi connectivity index (χ2n) is 7.56. The first-order valence-corrected chi connectivity index (χ1v) is 11.6. The number of fused-ring (bicyclic) bond motifs is 1. The molecule has 2 aromatic carbocycles. The number of rotatable bonds is 8. The average molecular weight is 491 g/mol. The Kier molecular flexibility index (Phi) is 6.92. The molecule has 1 fully saturated rings. The van der Waals surface area contributed by atoms with Gasteiger partial charge < -0.3 is 20.3 Å². The zero-order chi connectivity index (χ0) is 24.0. The van der Waals surface area contributed by atoms with Crippen molar-refractivity contribution in [2.45, 2.75) is 5.03 Å². The molecular weight excluding hydrogens is 468 g/mol. The zero-order valence-corrected chi connectivity index (χ0v) is 19.6. The van der Waals surface area contributed by atoms with Gasteiger partial charge in [0.2, 0.25) is 5.95 Å². The average Bonchev–Trinajstić information content (AvgIpc) is 3.31. The Morgan fingerprint density at radius 3 is 2.69 bits per heavy atom. The topological polar surface area (TPSA) is 133 Å². The van der Waals surface area contributed by atoms with Crippen LogP contribution in [-0.4, -0.2) is 53.6 Å². The Hall–Kier alpha value is -3.89. The highest BCUT2D eigenvalue weighted by Crippen LogP contribution is 2.33. The number of ether oxygens (including phenoxy) is 1. The maximum atomic E-state index is 9.25. The minimum absolute atomic E-state index is 0.378. The fourth-order valence-electron chi connectivity index (χ4n) is 3.69. The van der Waals surface area contributed by atoms with Crippen molar-refractivity contribution >= 4 is 51.9 Å². The van der Waals surface area contributed by atoms with E-state index in [9.17, 15) is 5.26 Å². The van der Waals surface area contributed by atoms with Crippen LogP contribution in [0.2, 0.25) is 0 Å². The van der Waals surface area contributed by atoms with E-state index in [4.69, 9.17) is 14.0 Å². The monoisotopic (exact) mass is 490 g/mol. The number of nitriles is 1. The van der Waals surface area contributed by atoms with Crippen molar-refractivity contribution in [3.05, 3.63) is 54.1 Å². The van der Waals surface area contributed by atoms with E-state index < -0.39 is 0 Å². The Balaban J connectivity index is 1.45. The number of anilines is 5. The van der Waals surface area contributed by atoms with Crippen LogP contribution in [0.25, 0.3) is 11.0 Å². The van der Waals surface area contributed by atoms with E-state index in [-0.39, 0.29) is 0 Å². The van der Waals surface area contributed by atoms with Gasteiger partial charge in [0.1, 0.15) is 5.82 Å². The summed E-state index contributed by atoms with van der Waals surface area (Å²) in [5.41, 5.74) is 3.73. The van der Waals surface area contributed by atoms with E-state index in [0.717, 1.165) is 49.7 Å². The standard InChI is InChI=1S/C23H22N8O3S/c1-32-34-35-22-19-20(25-17-4-2-3-15(13-17)14-24)27-23(28-21(19)29-30-22)26-16-5-7-18(8-6-16)31-9-11-33-12-10-31/h2-8,13H,9-12H2,1H3,(H3,25,26,27,28,29,30). The second kappa shape index (κ2) is 10.6. The molecule has 2 aromatic heterocycles. The number of H-pyrrole nitrogens is 1. The third-order valence-corrected chi connectivity index (χ3v) is 5.98. The minimum Gasteiger partial charge on any atom is -0.378 e. The summed E-state index contributed by atoms with van der Waals surface area (Å²) in [7, 11) is 1.41. The molecule has 0 aliphatic carbocycles. The van der Waals surface area contributed by atoms with E-state index in [2.05, 4.69) is 53.9 Å². The van der Waals surface area contributed by atoms with E-state index >= 15 is 0 Å². The lowest BCUT2D eigenvalue weighted by molar-refractivity contribution is -0.160. The quantitative estimate of drug-likeness (QED) is 0.187. The van der Waals surface area contributed by atoms with Crippen LogP contribution in [0, 0.1) is 11.3 Å². The molecule has 0 atom stereocenters. The van der Waals surface area contributed by atoms with Gasteiger partial charge in [-0.2, -0.15) is 24.7 Å². The van der Waals surface area contributed by atoms with Crippen molar-refractivity contribution in [1.82, 2.24) is 20.2 Å². The molecule has 1 saturated heterocycles. The largest absolute Gasteiger partial charge is 0.378 e. The third-order valence-electron chi connectivity index (χ3n) is 5.32. The number of aromatic nitrogens is 4. The van der Waals surface area contributed by atoms with Crippen LogP contribution in [0.1, 0.15) is 5.56 Å². The molecule has 0 bridgehead atoms. The molecular formula is C23H22N8O3S. The van der Waals surface area contributed by atoms with Crippen LogP contribution in [-0.2, 0) is 14.0 Å². The van der Waals surface area contributed by atoms with E-state index in [1.807, 2.05) is 18.2 Å². The van der Waals surface area contributed by atoms with Crippen molar-refractivity contribution in [2.75, 3.05) is 48.9 Å². The molecule has 35 heavy (non-hydrogen) atoms. The summed E-state index contributed by atoms with van der Waals surface area (Å²) in [6.45, 7) is 3.23. The summed E-state index contributed by atoms with van der Waals surface area (Å²) in [5.74, 6) is 0.872. The van der Waals surface area contributed by atoms with Crippen molar-refractivity contribution in [1.29, 1.82) is 5.26 Å². The molecule has 0 radical (unpaired) electrons. The summed E-state index contributed by atoms with van der Waals surface area (Å²) in [4.78, 5) is 16.3. The van der Waals surface area contributed by atoms with Gasteiger partial charge in [0, 0.05) is 30.2 Å². The van der Waals surface area contributed by atoms with Gasteiger partial charge >= 0.3 is 0 Å². The highest BCUT2D eigenvalue weighted by Gasteiger charge is 2.18. The molecule has 0 unspecified atom stereocenters. The molecule has 178 valence electrons. The van der Waals surface area contributed by atoms with Crippen LogP contribution in [0.15, 0.2) is 53.6 Å². The first-order valence-electron chi connectivity index (χ1n) is 10.8. The van der Waals surface area contributed by atoms with Gasteiger partial charge in [-0.15, -0.1) is 0 Å². The summed E-state index contributed by atoms with van der Waals surface area (Å²) in [6, 6.07) is 17.4. The van der Waals surface area contributed by atoms with E-state index in [1.54, 1.807) is 18.2 Å². The Labute approximate surface area is 205 Å². The fraction of sp³-hybridized carbons (Fsp3) is 0.217. The Bertz CT molecular complexity index is 1350. The lowest BCUT2D eigenvalue weighted by atomic mass is 10.2. The van der Waals surface area contributed by atoms with Crippen molar-refractivity contribution in [3.8, 4) is 6.07 Å². The van der Waals surface area contributed by atoms with E-state index in [0.29, 0.717) is 39.1 Å². The van der Waals surface area contributed by atoms with Gasteiger partial charge in [0.25, 0.3) is 0 Å². The maximum Gasteiger partial charge on any atom is 0.231 e. The summed E-state index contributed by atoms with van der Waals surface area (Å²) < 4.78 is 10.4. The van der Waals surface area contributed by atoms with Crippen LogP contribution >= 0.6 is 12.0 Å². The Morgan fingerprint density at radius 1 is 1.09 bits per heavy atom. The molecule has 5 rings (SSSR count). The number of morpholine rings is 1. The van der Waals surface area contributed by atoms with Crippen LogP contribution < -0.4 is 15.5 Å². The molecule has 12 heteroatoms. The molecule has 4 aromatic rings. The number of hydrogen-bond acceptors (Lipinski definition) is 11. The molecule has 0 spiro atoms. The molecule has 1 aliphatic heterocycles. The van der Waals surface area contributed by atoms with E-state index in [1.165, 1.54) is 7.11 Å². The predicted octanol–water partition coefficient (Wildman–Crippen LogP) is 4.13. The van der Waals surface area contributed by atoms with Gasteiger partial charge in [-0.25, -0.2) is 4.89 Å². The summed E-state index contributed by atoms with van der Waals surface area (Å²) in [5, 5.41) is 24.1. The van der Waals surface area contributed by atoms with Crippen molar-refractivity contribution in [2.24, 2.45) is 0 Å². The normalized spacial score (nSPS) is 13.5. The molecule has 11 nitrogen and oxygen atoms in total. The smallest absolute Gasteiger partial charge is 0.231 e. The first kappa shape index (κ1) is 22.9. The second-order valence-corrected chi connectivity index (χ2v) is 8.24. The van der Waals surface area contributed by atoms with Gasteiger partial charge in [-0.05, 0) is 42.5 Å². The maximum absolute atomic E-state index is 9.25. The highest BCUT2D eigenvalue weighted by molar-refractivity contribution is 7.94. The first-order chi connectivity index (χ1) is 17.2. The number of benzene rings is 2. The predicted molar refractivity (Wildman–Crippen MR) is 133 cm³/mol. The highest BCUT2D eigenvalue weighted by atomic mass is 32.2. The number of nitrogens with one attached hydrogen (secondary N) is 3. The minimum atomic E-state index is 0.378. The number of nitrogens with zero attached hydrogens (tertiary/aromatic N) is 5. The van der Waals surface area contributed by atoms with Crippen molar-refractivity contribution in [3.63, 3.8) is 0 Å². The van der Waals surface area contributed by atoms with Gasteiger partial charge in [0.05, 0.1) is 49.4 Å². The summed E-state index contributed by atoms with van der Waals surface area (Å²) in [6.07, 6.45) is 0. The third kappa shape index (κ3) is 5.28. The van der Waals surface area contributed by atoms with Gasteiger partial charge in [-0.1, -0.05) is 6.07 Å².